The zero-order valence-electron chi connectivity index (χ0n) is 12.9. The third-order valence-corrected chi connectivity index (χ3v) is 3.85. The lowest BCUT2D eigenvalue weighted by molar-refractivity contribution is 0.670. The Hall–Kier alpha value is -2.07. The number of benzene rings is 1. The maximum atomic E-state index is 5.99. The number of nitrogens with zero attached hydrogens (tertiary/aromatic N) is 3. The molecule has 3 aromatic rings. The van der Waals surface area contributed by atoms with E-state index in [9.17, 15) is 0 Å². The second-order valence-corrected chi connectivity index (χ2v) is 5.88. The van der Waals surface area contributed by atoms with E-state index in [4.69, 9.17) is 5.73 Å². The Balaban J connectivity index is 2.04. The average molecular weight is 282 g/mol. The fourth-order valence-corrected chi connectivity index (χ4v) is 2.97. The second kappa shape index (κ2) is 5.37. The Bertz CT molecular complexity index is 764. The zero-order chi connectivity index (χ0) is 15.0. The molecular formula is C17H22N4. The Morgan fingerprint density at radius 1 is 1.29 bits per heavy atom. The van der Waals surface area contributed by atoms with Gasteiger partial charge in [0.05, 0.1) is 23.4 Å². The van der Waals surface area contributed by atoms with Crippen molar-refractivity contribution < 1.29 is 0 Å². The van der Waals surface area contributed by atoms with Gasteiger partial charge in [-0.05, 0) is 43.4 Å². The molecule has 2 aromatic heterocycles. The normalized spacial score (nSPS) is 13.0. The minimum atomic E-state index is 0.165. The first-order valence-electron chi connectivity index (χ1n) is 7.36. The molecule has 0 fully saturated rings. The molecule has 1 atom stereocenters. The van der Waals surface area contributed by atoms with Gasteiger partial charge in [0.2, 0.25) is 0 Å². The molecule has 2 heterocycles. The highest BCUT2D eigenvalue weighted by molar-refractivity contribution is 5.83. The minimum Gasteiger partial charge on any atom is -0.341 e. The summed E-state index contributed by atoms with van der Waals surface area (Å²) in [5, 5.41) is 5.70. The summed E-state index contributed by atoms with van der Waals surface area (Å²) >= 11 is 0. The van der Waals surface area contributed by atoms with Crippen molar-refractivity contribution in [2.75, 3.05) is 0 Å². The smallest absolute Gasteiger partial charge is 0.0645 e. The van der Waals surface area contributed by atoms with Crippen LogP contribution in [-0.2, 0) is 20.0 Å². The van der Waals surface area contributed by atoms with Gasteiger partial charge < -0.3 is 10.3 Å². The van der Waals surface area contributed by atoms with Crippen LogP contribution in [0, 0.1) is 6.92 Å². The monoisotopic (exact) mass is 282 g/mol. The highest BCUT2D eigenvalue weighted by Gasteiger charge is 2.10. The summed E-state index contributed by atoms with van der Waals surface area (Å²) in [6, 6.07) is 10.9. The van der Waals surface area contributed by atoms with Crippen LogP contribution in [-0.4, -0.2) is 20.4 Å². The lowest BCUT2D eigenvalue weighted by Crippen LogP contribution is -2.18. The van der Waals surface area contributed by atoms with Gasteiger partial charge in [0.15, 0.2) is 0 Å². The Kier molecular flexibility index (Phi) is 3.55. The molecule has 21 heavy (non-hydrogen) atoms. The molecule has 0 aliphatic rings. The third-order valence-electron chi connectivity index (χ3n) is 3.85. The number of fused-ring (bicyclic) bond motifs is 1. The summed E-state index contributed by atoms with van der Waals surface area (Å²) in [6.07, 6.45) is 3.05. The molecule has 0 amide bonds. The SMILES string of the molecule is Cc1cc(Cn2ccc3cccc(CC(C)N)c32)n(C)n1. The van der Waals surface area contributed by atoms with Crippen molar-refractivity contribution in [2.24, 2.45) is 12.8 Å². The molecule has 0 radical (unpaired) electrons. The van der Waals surface area contributed by atoms with Crippen molar-refractivity contribution in [1.29, 1.82) is 0 Å². The summed E-state index contributed by atoms with van der Waals surface area (Å²) in [5.74, 6) is 0. The lowest BCUT2D eigenvalue weighted by atomic mass is 10.0. The van der Waals surface area contributed by atoms with Crippen molar-refractivity contribution in [1.82, 2.24) is 14.3 Å². The molecule has 3 rings (SSSR count). The molecule has 4 nitrogen and oxygen atoms in total. The summed E-state index contributed by atoms with van der Waals surface area (Å²) < 4.78 is 4.25. The van der Waals surface area contributed by atoms with E-state index in [1.807, 2.05) is 18.7 Å². The van der Waals surface area contributed by atoms with E-state index in [0.717, 1.165) is 18.7 Å². The predicted octanol–water partition coefficient (Wildman–Crippen LogP) is 2.62. The lowest BCUT2D eigenvalue weighted by Gasteiger charge is -2.12. The van der Waals surface area contributed by atoms with Crippen LogP contribution in [0.25, 0.3) is 10.9 Å². The molecule has 0 bridgehead atoms. The van der Waals surface area contributed by atoms with E-state index in [1.165, 1.54) is 22.2 Å². The van der Waals surface area contributed by atoms with Crippen LogP contribution in [0.5, 0.6) is 0 Å². The van der Waals surface area contributed by atoms with Crippen LogP contribution in [0.4, 0.5) is 0 Å². The van der Waals surface area contributed by atoms with Crippen molar-refractivity contribution in [3.63, 3.8) is 0 Å². The number of hydrogen-bond acceptors (Lipinski definition) is 2. The molecule has 0 aliphatic heterocycles. The van der Waals surface area contributed by atoms with Crippen LogP contribution in [0.15, 0.2) is 36.5 Å². The van der Waals surface area contributed by atoms with Gasteiger partial charge in [-0.3, -0.25) is 4.68 Å². The van der Waals surface area contributed by atoms with Crippen LogP contribution in [0.3, 0.4) is 0 Å². The van der Waals surface area contributed by atoms with E-state index in [-0.39, 0.29) is 6.04 Å². The van der Waals surface area contributed by atoms with Crippen LogP contribution in [0.2, 0.25) is 0 Å². The van der Waals surface area contributed by atoms with Gasteiger partial charge in [-0.2, -0.15) is 5.10 Å². The van der Waals surface area contributed by atoms with Gasteiger partial charge in [0.1, 0.15) is 0 Å². The fourth-order valence-electron chi connectivity index (χ4n) is 2.97. The fraction of sp³-hybridized carbons (Fsp3) is 0.353. The van der Waals surface area contributed by atoms with Gasteiger partial charge in [0, 0.05) is 19.3 Å². The molecule has 2 N–H and O–H groups in total. The summed E-state index contributed by atoms with van der Waals surface area (Å²) in [4.78, 5) is 0. The quantitative estimate of drug-likeness (QED) is 0.799. The summed E-state index contributed by atoms with van der Waals surface area (Å²) in [5.41, 5.74) is 10.9. The van der Waals surface area contributed by atoms with Crippen molar-refractivity contribution in [2.45, 2.75) is 32.9 Å². The standard InChI is InChI=1S/C17H22N4/c1-12(18)9-15-6-4-5-14-7-8-21(17(14)15)11-16-10-13(2)19-20(16)3/h4-8,10,12H,9,11,18H2,1-3H3. The second-order valence-electron chi connectivity index (χ2n) is 5.88. The van der Waals surface area contributed by atoms with E-state index in [1.54, 1.807) is 0 Å². The predicted molar refractivity (Wildman–Crippen MR) is 86.3 cm³/mol. The molecule has 1 unspecified atom stereocenters. The largest absolute Gasteiger partial charge is 0.341 e. The minimum absolute atomic E-state index is 0.165. The van der Waals surface area contributed by atoms with Crippen LogP contribution >= 0.6 is 0 Å². The van der Waals surface area contributed by atoms with Gasteiger partial charge in [-0.25, -0.2) is 0 Å². The highest BCUT2D eigenvalue weighted by atomic mass is 15.3. The molecule has 0 saturated carbocycles. The maximum Gasteiger partial charge on any atom is 0.0645 e. The highest BCUT2D eigenvalue weighted by Crippen LogP contribution is 2.22. The molecule has 4 heteroatoms. The first-order valence-corrected chi connectivity index (χ1v) is 7.36. The van der Waals surface area contributed by atoms with E-state index < -0.39 is 0 Å². The van der Waals surface area contributed by atoms with Crippen LogP contribution < -0.4 is 5.73 Å². The Morgan fingerprint density at radius 2 is 2.10 bits per heavy atom. The van der Waals surface area contributed by atoms with E-state index >= 15 is 0 Å². The first-order chi connectivity index (χ1) is 10.0. The van der Waals surface area contributed by atoms with Crippen molar-refractivity contribution in [3.8, 4) is 0 Å². The number of nitrogens with two attached hydrogens (primary N) is 1. The van der Waals surface area contributed by atoms with Gasteiger partial charge in [-0.1, -0.05) is 18.2 Å². The molecule has 0 aliphatic carbocycles. The average Bonchev–Trinajstić information content (AvgIpc) is 2.94. The summed E-state index contributed by atoms with van der Waals surface area (Å²) in [6.45, 7) is 4.91. The number of hydrogen-bond donors (Lipinski definition) is 1. The molecule has 0 saturated heterocycles. The molecular weight excluding hydrogens is 260 g/mol. The van der Waals surface area contributed by atoms with Gasteiger partial charge >= 0.3 is 0 Å². The Labute approximate surface area is 125 Å². The number of para-hydroxylation sites is 1. The molecule has 0 spiro atoms. The first kappa shape index (κ1) is 13.9. The molecule has 110 valence electrons. The van der Waals surface area contributed by atoms with E-state index in [0.29, 0.717) is 0 Å². The maximum absolute atomic E-state index is 5.99. The topological polar surface area (TPSA) is 48.8 Å². The Morgan fingerprint density at radius 3 is 2.76 bits per heavy atom. The van der Waals surface area contributed by atoms with Crippen molar-refractivity contribution in [3.05, 3.63) is 53.5 Å². The summed E-state index contributed by atoms with van der Waals surface area (Å²) in [7, 11) is 2.00. The van der Waals surface area contributed by atoms with Gasteiger partial charge in [0.25, 0.3) is 0 Å². The number of rotatable bonds is 4. The number of aromatic nitrogens is 3. The van der Waals surface area contributed by atoms with E-state index in [2.05, 4.69) is 53.1 Å². The van der Waals surface area contributed by atoms with Gasteiger partial charge in [-0.15, -0.1) is 0 Å². The zero-order valence-corrected chi connectivity index (χ0v) is 12.9. The number of aryl methyl sites for hydroxylation is 2. The molecule has 1 aromatic carbocycles. The van der Waals surface area contributed by atoms with Crippen molar-refractivity contribution >= 4 is 10.9 Å². The third kappa shape index (κ3) is 2.72. The van der Waals surface area contributed by atoms with Crippen LogP contribution in [0.1, 0.15) is 23.9 Å².